The molecule has 0 saturated carbocycles. The van der Waals surface area contributed by atoms with Gasteiger partial charge in [-0.15, -0.1) is 11.3 Å². The molecule has 6 nitrogen and oxygen atoms in total. The highest BCUT2D eigenvalue weighted by Gasteiger charge is 2.14. The standard InChI is InChI=1S/C11H18N2O4S2/c1-8(2)7-19(16,17)13-11-12-9(6-18-11)4-3-5-10(14)15/h6,8H,3-5,7H2,1-2H3,(H,12,13)(H,14,15). The maximum absolute atomic E-state index is 11.7. The van der Waals surface area contributed by atoms with Crippen molar-refractivity contribution < 1.29 is 18.3 Å². The van der Waals surface area contributed by atoms with Crippen LogP contribution in [0.25, 0.3) is 0 Å². The summed E-state index contributed by atoms with van der Waals surface area (Å²) in [6.07, 6.45) is 1.12. The van der Waals surface area contributed by atoms with E-state index in [1.807, 2.05) is 13.8 Å². The minimum Gasteiger partial charge on any atom is -0.481 e. The fourth-order valence-corrected chi connectivity index (χ4v) is 3.94. The topological polar surface area (TPSA) is 96.4 Å². The molecule has 0 aliphatic heterocycles. The van der Waals surface area contributed by atoms with Crippen molar-refractivity contribution in [3.63, 3.8) is 0 Å². The Morgan fingerprint density at radius 2 is 2.21 bits per heavy atom. The van der Waals surface area contributed by atoms with Gasteiger partial charge in [0, 0.05) is 11.8 Å². The molecule has 0 aromatic carbocycles. The lowest BCUT2D eigenvalue weighted by Gasteiger charge is -2.06. The van der Waals surface area contributed by atoms with Gasteiger partial charge in [0.15, 0.2) is 5.13 Å². The van der Waals surface area contributed by atoms with E-state index in [1.165, 1.54) is 11.3 Å². The molecular weight excluding hydrogens is 288 g/mol. The number of aryl methyl sites for hydroxylation is 1. The van der Waals surface area contributed by atoms with Crippen molar-refractivity contribution >= 4 is 32.5 Å². The lowest BCUT2D eigenvalue weighted by atomic mass is 10.2. The van der Waals surface area contributed by atoms with Gasteiger partial charge in [-0.25, -0.2) is 13.4 Å². The number of sulfonamides is 1. The molecule has 1 aromatic rings. The highest BCUT2D eigenvalue weighted by atomic mass is 32.2. The molecule has 8 heteroatoms. The molecule has 0 atom stereocenters. The Bertz CT molecular complexity index is 523. The van der Waals surface area contributed by atoms with Gasteiger partial charge in [-0.3, -0.25) is 9.52 Å². The minimum absolute atomic E-state index is 0.0486. The highest BCUT2D eigenvalue weighted by Crippen LogP contribution is 2.18. The third kappa shape index (κ3) is 6.53. The Balaban J connectivity index is 2.53. The van der Waals surface area contributed by atoms with E-state index in [2.05, 4.69) is 9.71 Å². The number of hydrogen-bond acceptors (Lipinski definition) is 5. The molecular formula is C11H18N2O4S2. The Hall–Kier alpha value is -1.15. The molecule has 0 fully saturated rings. The van der Waals surface area contributed by atoms with E-state index >= 15 is 0 Å². The van der Waals surface area contributed by atoms with E-state index in [1.54, 1.807) is 5.38 Å². The monoisotopic (exact) mass is 306 g/mol. The second kappa shape index (κ2) is 6.85. The number of aliphatic carboxylic acids is 1. The molecule has 0 unspecified atom stereocenters. The van der Waals surface area contributed by atoms with Crippen LogP contribution >= 0.6 is 11.3 Å². The lowest BCUT2D eigenvalue weighted by molar-refractivity contribution is -0.137. The maximum atomic E-state index is 11.7. The van der Waals surface area contributed by atoms with Crippen molar-refractivity contribution in [1.29, 1.82) is 0 Å². The average molecular weight is 306 g/mol. The van der Waals surface area contributed by atoms with E-state index in [-0.39, 0.29) is 18.1 Å². The van der Waals surface area contributed by atoms with Crippen LogP contribution in [0.1, 0.15) is 32.4 Å². The molecule has 0 radical (unpaired) electrons. The number of thiazole rings is 1. The third-order valence-corrected chi connectivity index (χ3v) is 4.72. The first-order chi connectivity index (χ1) is 8.78. The van der Waals surface area contributed by atoms with Crippen LogP contribution in [0.4, 0.5) is 5.13 Å². The average Bonchev–Trinajstić information content (AvgIpc) is 2.61. The van der Waals surface area contributed by atoms with Gasteiger partial charge >= 0.3 is 5.97 Å². The maximum Gasteiger partial charge on any atom is 0.303 e. The van der Waals surface area contributed by atoms with Crippen LogP contribution in [0.15, 0.2) is 5.38 Å². The normalized spacial score (nSPS) is 11.7. The quantitative estimate of drug-likeness (QED) is 0.765. The Kier molecular flexibility index (Phi) is 5.74. The molecule has 0 saturated heterocycles. The fraction of sp³-hybridized carbons (Fsp3) is 0.636. The number of nitrogens with one attached hydrogen (secondary N) is 1. The number of nitrogens with zero attached hydrogens (tertiary/aromatic N) is 1. The molecule has 1 rings (SSSR count). The summed E-state index contributed by atoms with van der Waals surface area (Å²) in [6, 6.07) is 0. The van der Waals surface area contributed by atoms with Crippen LogP contribution in [0.3, 0.4) is 0 Å². The van der Waals surface area contributed by atoms with Gasteiger partial charge in [0.1, 0.15) is 0 Å². The summed E-state index contributed by atoms with van der Waals surface area (Å²) in [5, 5.41) is 10.6. The van der Waals surface area contributed by atoms with Crippen LogP contribution in [0.2, 0.25) is 0 Å². The number of rotatable bonds is 8. The summed E-state index contributed by atoms with van der Waals surface area (Å²) >= 11 is 1.21. The third-order valence-electron chi connectivity index (χ3n) is 2.17. The minimum atomic E-state index is -3.35. The van der Waals surface area contributed by atoms with Crippen molar-refractivity contribution in [2.24, 2.45) is 5.92 Å². The number of carbonyl (C=O) groups is 1. The van der Waals surface area contributed by atoms with Crippen molar-refractivity contribution in [2.75, 3.05) is 10.5 Å². The zero-order chi connectivity index (χ0) is 14.5. The van der Waals surface area contributed by atoms with Gasteiger partial charge in [-0.1, -0.05) is 13.8 Å². The van der Waals surface area contributed by atoms with Gasteiger partial charge < -0.3 is 5.11 Å². The molecule has 0 bridgehead atoms. The number of hydrogen-bond donors (Lipinski definition) is 2. The Morgan fingerprint density at radius 3 is 2.79 bits per heavy atom. The van der Waals surface area contributed by atoms with Crippen molar-refractivity contribution in [1.82, 2.24) is 4.98 Å². The smallest absolute Gasteiger partial charge is 0.303 e. The largest absolute Gasteiger partial charge is 0.481 e. The van der Waals surface area contributed by atoms with E-state index in [9.17, 15) is 13.2 Å². The van der Waals surface area contributed by atoms with Gasteiger partial charge in [0.25, 0.3) is 0 Å². The van der Waals surface area contributed by atoms with Crippen LogP contribution in [0, 0.1) is 5.92 Å². The van der Waals surface area contributed by atoms with E-state index in [0.29, 0.717) is 23.7 Å². The Morgan fingerprint density at radius 1 is 1.53 bits per heavy atom. The van der Waals surface area contributed by atoms with E-state index < -0.39 is 16.0 Å². The summed E-state index contributed by atoms with van der Waals surface area (Å²) in [5.74, 6) is -0.735. The van der Waals surface area contributed by atoms with Crippen LogP contribution in [0.5, 0.6) is 0 Å². The van der Waals surface area contributed by atoms with Crippen molar-refractivity contribution in [3.8, 4) is 0 Å². The summed E-state index contributed by atoms with van der Waals surface area (Å²) in [7, 11) is -3.35. The zero-order valence-electron chi connectivity index (χ0n) is 10.9. The van der Waals surface area contributed by atoms with Gasteiger partial charge in [0.2, 0.25) is 10.0 Å². The van der Waals surface area contributed by atoms with Crippen LogP contribution in [-0.4, -0.2) is 30.2 Å². The summed E-state index contributed by atoms with van der Waals surface area (Å²) in [5.41, 5.74) is 0.716. The predicted molar refractivity (Wildman–Crippen MR) is 74.9 cm³/mol. The SMILES string of the molecule is CC(C)CS(=O)(=O)Nc1nc(CCCC(=O)O)cs1. The Labute approximate surface area is 116 Å². The van der Waals surface area contributed by atoms with Gasteiger partial charge in [-0.05, 0) is 18.8 Å². The second-order valence-electron chi connectivity index (χ2n) is 4.67. The van der Waals surface area contributed by atoms with Crippen molar-refractivity contribution in [3.05, 3.63) is 11.1 Å². The first-order valence-corrected chi connectivity index (χ1v) is 8.48. The zero-order valence-corrected chi connectivity index (χ0v) is 12.6. The number of anilines is 1. The lowest BCUT2D eigenvalue weighted by Crippen LogP contribution is -2.19. The van der Waals surface area contributed by atoms with Gasteiger partial charge in [0.05, 0.1) is 11.4 Å². The molecule has 19 heavy (non-hydrogen) atoms. The summed E-state index contributed by atoms with van der Waals surface area (Å²) < 4.78 is 25.8. The molecule has 0 aliphatic rings. The molecule has 0 aliphatic carbocycles. The highest BCUT2D eigenvalue weighted by molar-refractivity contribution is 7.92. The first kappa shape index (κ1) is 15.9. The molecule has 1 aromatic heterocycles. The number of carboxylic acids is 1. The van der Waals surface area contributed by atoms with Crippen molar-refractivity contribution in [2.45, 2.75) is 33.1 Å². The van der Waals surface area contributed by atoms with Gasteiger partial charge in [-0.2, -0.15) is 0 Å². The van der Waals surface area contributed by atoms with Crippen LogP contribution in [-0.2, 0) is 21.2 Å². The number of aromatic nitrogens is 1. The predicted octanol–water partition coefficient (Wildman–Crippen LogP) is 1.95. The molecule has 108 valence electrons. The molecule has 2 N–H and O–H groups in total. The molecule has 0 amide bonds. The van der Waals surface area contributed by atoms with E-state index in [4.69, 9.17) is 5.11 Å². The van der Waals surface area contributed by atoms with E-state index in [0.717, 1.165) is 0 Å². The second-order valence-corrected chi connectivity index (χ2v) is 7.29. The first-order valence-electron chi connectivity index (χ1n) is 5.95. The van der Waals surface area contributed by atoms with Crippen LogP contribution < -0.4 is 4.72 Å². The molecule has 1 heterocycles. The summed E-state index contributed by atoms with van der Waals surface area (Å²) in [4.78, 5) is 14.5. The fourth-order valence-electron chi connectivity index (χ4n) is 1.50. The molecule has 0 spiro atoms. The number of carboxylic acid groups (broad SMARTS) is 1. The summed E-state index contributed by atoms with van der Waals surface area (Å²) in [6.45, 7) is 3.66.